The molecule has 0 saturated carbocycles. The minimum atomic E-state index is 1.09. The van der Waals surface area contributed by atoms with Gasteiger partial charge in [-0.1, -0.05) is 98.6 Å². The molecule has 0 atom stereocenters. The molecule has 118 valence electrons. The summed E-state index contributed by atoms with van der Waals surface area (Å²) in [5.74, 6) is 0. The van der Waals surface area contributed by atoms with Gasteiger partial charge in [-0.3, -0.25) is 0 Å². The van der Waals surface area contributed by atoms with Crippen molar-refractivity contribution in [2.75, 3.05) is 0 Å². The van der Waals surface area contributed by atoms with E-state index in [2.05, 4.69) is 105 Å². The van der Waals surface area contributed by atoms with Gasteiger partial charge in [-0.05, 0) is 52.6 Å². The first-order valence-electron chi connectivity index (χ1n) is 7.66. The van der Waals surface area contributed by atoms with E-state index in [9.17, 15) is 0 Å². The second kappa shape index (κ2) is 8.27. The first kappa shape index (κ1) is 16.9. The van der Waals surface area contributed by atoms with Gasteiger partial charge >= 0.3 is 0 Å². The summed E-state index contributed by atoms with van der Waals surface area (Å²) in [7, 11) is 0. The van der Waals surface area contributed by atoms with E-state index in [1.165, 1.54) is 22.3 Å². The van der Waals surface area contributed by atoms with E-state index >= 15 is 0 Å². The second-order valence-corrected chi connectivity index (χ2v) is 7.28. The first-order valence-corrected chi connectivity index (χ1v) is 9.25. The lowest BCUT2D eigenvalue weighted by Gasteiger charge is -1.99. The van der Waals surface area contributed by atoms with E-state index in [1.54, 1.807) is 0 Å². The van der Waals surface area contributed by atoms with Gasteiger partial charge in [-0.2, -0.15) is 0 Å². The summed E-state index contributed by atoms with van der Waals surface area (Å²) in [5, 5.41) is 0. The minimum absolute atomic E-state index is 1.09. The van der Waals surface area contributed by atoms with Gasteiger partial charge in [0.15, 0.2) is 0 Å². The topological polar surface area (TPSA) is 0 Å². The molecule has 0 aliphatic rings. The van der Waals surface area contributed by atoms with Gasteiger partial charge in [0.05, 0.1) is 0 Å². The molecule has 0 radical (unpaired) electrons. The van der Waals surface area contributed by atoms with Crippen molar-refractivity contribution in [1.29, 1.82) is 0 Å². The molecule has 0 N–H and O–H groups in total. The lowest BCUT2D eigenvalue weighted by atomic mass is 10.1. The molecule has 0 nitrogen and oxygen atoms in total. The average molecular weight is 440 g/mol. The van der Waals surface area contributed by atoms with Crippen molar-refractivity contribution in [3.8, 4) is 0 Å². The predicted octanol–water partition coefficient (Wildman–Crippen LogP) is 7.55. The van der Waals surface area contributed by atoms with Gasteiger partial charge in [0.2, 0.25) is 0 Å². The van der Waals surface area contributed by atoms with E-state index in [1.807, 2.05) is 24.3 Å². The average Bonchev–Trinajstić information content (AvgIpc) is 2.59. The second-order valence-electron chi connectivity index (χ2n) is 5.45. The molecule has 0 aromatic heterocycles. The molecule has 0 heterocycles. The smallest absolute Gasteiger partial charge is 0.0181 e. The lowest BCUT2D eigenvalue weighted by molar-refractivity contribution is 1.59. The largest absolute Gasteiger partial charge is 0.0611 e. The summed E-state index contributed by atoms with van der Waals surface area (Å²) in [6.45, 7) is 0. The molecular formula is C22H16Br2. The van der Waals surface area contributed by atoms with Gasteiger partial charge in [-0.25, -0.2) is 0 Å². The Morgan fingerprint density at radius 2 is 0.792 bits per heavy atom. The molecule has 0 bridgehead atoms. The maximum Gasteiger partial charge on any atom is 0.0181 e. The molecule has 0 aliphatic heterocycles. The third kappa shape index (κ3) is 5.05. The van der Waals surface area contributed by atoms with Gasteiger partial charge in [-0.15, -0.1) is 0 Å². The number of rotatable bonds is 4. The Morgan fingerprint density at radius 1 is 0.458 bits per heavy atom. The molecule has 3 aromatic rings. The van der Waals surface area contributed by atoms with Crippen LogP contribution in [0.3, 0.4) is 0 Å². The van der Waals surface area contributed by atoms with Crippen LogP contribution >= 0.6 is 31.9 Å². The molecule has 3 rings (SSSR count). The maximum atomic E-state index is 3.50. The zero-order chi connectivity index (χ0) is 16.8. The normalized spacial score (nSPS) is 11.4. The van der Waals surface area contributed by atoms with Gasteiger partial charge in [0, 0.05) is 8.95 Å². The fraction of sp³-hybridized carbons (Fsp3) is 0. The Morgan fingerprint density at radius 3 is 1.17 bits per heavy atom. The van der Waals surface area contributed by atoms with Crippen molar-refractivity contribution in [2.45, 2.75) is 0 Å². The molecule has 0 fully saturated rings. The highest BCUT2D eigenvalue weighted by Gasteiger charge is 1.93. The fourth-order valence-electron chi connectivity index (χ4n) is 2.37. The SMILES string of the molecule is Brc1cccc(C=Cc2cccc(C=Cc3cccc(Br)c3)c2)c1. The van der Waals surface area contributed by atoms with E-state index in [-0.39, 0.29) is 0 Å². The fourth-order valence-corrected chi connectivity index (χ4v) is 3.21. The van der Waals surface area contributed by atoms with E-state index in [4.69, 9.17) is 0 Å². The van der Waals surface area contributed by atoms with Crippen LogP contribution in [0.15, 0.2) is 81.7 Å². The molecular weight excluding hydrogens is 424 g/mol. The zero-order valence-corrected chi connectivity index (χ0v) is 16.2. The Kier molecular flexibility index (Phi) is 5.84. The Bertz CT molecular complexity index is 821. The third-order valence-electron chi connectivity index (χ3n) is 3.54. The van der Waals surface area contributed by atoms with Crippen LogP contribution in [-0.2, 0) is 0 Å². The van der Waals surface area contributed by atoms with Crippen molar-refractivity contribution in [1.82, 2.24) is 0 Å². The summed E-state index contributed by atoms with van der Waals surface area (Å²) < 4.78 is 2.19. The predicted molar refractivity (Wildman–Crippen MR) is 113 cm³/mol. The van der Waals surface area contributed by atoms with Crippen LogP contribution in [0, 0.1) is 0 Å². The van der Waals surface area contributed by atoms with Crippen LogP contribution in [0.1, 0.15) is 22.3 Å². The Labute approximate surface area is 159 Å². The quantitative estimate of drug-likeness (QED) is 0.368. The van der Waals surface area contributed by atoms with Crippen LogP contribution in [0.4, 0.5) is 0 Å². The highest BCUT2D eigenvalue weighted by molar-refractivity contribution is 9.10. The molecule has 0 amide bonds. The standard InChI is InChI=1S/C22H16Br2/c23-21-8-2-6-19(15-21)12-10-17-4-1-5-18(14-17)11-13-20-7-3-9-22(24)16-20/h1-16H. The highest BCUT2D eigenvalue weighted by atomic mass is 79.9. The number of hydrogen-bond acceptors (Lipinski definition) is 0. The molecule has 0 unspecified atom stereocenters. The van der Waals surface area contributed by atoms with Crippen LogP contribution in [-0.4, -0.2) is 0 Å². The number of benzene rings is 3. The van der Waals surface area contributed by atoms with Crippen molar-refractivity contribution in [3.05, 3.63) is 104 Å². The minimum Gasteiger partial charge on any atom is -0.0611 e. The monoisotopic (exact) mass is 438 g/mol. The molecule has 3 aromatic carbocycles. The summed E-state index contributed by atoms with van der Waals surface area (Å²) in [4.78, 5) is 0. The summed E-state index contributed by atoms with van der Waals surface area (Å²) >= 11 is 7.00. The van der Waals surface area contributed by atoms with Crippen molar-refractivity contribution < 1.29 is 0 Å². The molecule has 0 aliphatic carbocycles. The van der Waals surface area contributed by atoms with Crippen LogP contribution in [0.25, 0.3) is 24.3 Å². The zero-order valence-electron chi connectivity index (χ0n) is 13.0. The highest BCUT2D eigenvalue weighted by Crippen LogP contribution is 2.17. The van der Waals surface area contributed by atoms with Crippen LogP contribution < -0.4 is 0 Å². The van der Waals surface area contributed by atoms with Crippen molar-refractivity contribution in [2.24, 2.45) is 0 Å². The van der Waals surface area contributed by atoms with Gasteiger partial charge in [0.1, 0.15) is 0 Å². The molecule has 0 spiro atoms. The molecule has 24 heavy (non-hydrogen) atoms. The molecule has 2 heteroatoms. The van der Waals surface area contributed by atoms with E-state index in [0.29, 0.717) is 0 Å². The summed E-state index contributed by atoms with van der Waals surface area (Å²) in [5.41, 5.74) is 4.73. The van der Waals surface area contributed by atoms with Crippen LogP contribution in [0.2, 0.25) is 0 Å². The van der Waals surface area contributed by atoms with Crippen molar-refractivity contribution in [3.63, 3.8) is 0 Å². The van der Waals surface area contributed by atoms with Crippen molar-refractivity contribution >= 4 is 56.2 Å². The van der Waals surface area contributed by atoms with E-state index < -0.39 is 0 Å². The molecule has 0 saturated heterocycles. The van der Waals surface area contributed by atoms with E-state index in [0.717, 1.165) is 8.95 Å². The number of halogens is 2. The Balaban J connectivity index is 1.76. The van der Waals surface area contributed by atoms with Crippen LogP contribution in [0.5, 0.6) is 0 Å². The number of hydrogen-bond donors (Lipinski definition) is 0. The maximum absolute atomic E-state index is 3.50. The van der Waals surface area contributed by atoms with Gasteiger partial charge < -0.3 is 0 Å². The van der Waals surface area contributed by atoms with Gasteiger partial charge in [0.25, 0.3) is 0 Å². The summed E-state index contributed by atoms with van der Waals surface area (Å²) in [6.07, 6.45) is 8.53. The lowest BCUT2D eigenvalue weighted by Crippen LogP contribution is -1.77. The first-order chi connectivity index (χ1) is 11.7. The summed E-state index contributed by atoms with van der Waals surface area (Å²) in [6, 6.07) is 25.1. The Hall–Kier alpha value is -1.90. The third-order valence-corrected chi connectivity index (χ3v) is 4.53.